The third kappa shape index (κ3) is 4.32. The highest BCUT2D eigenvalue weighted by Crippen LogP contribution is 2.39. The minimum absolute atomic E-state index is 0.437. The monoisotopic (exact) mass is 420 g/mol. The van der Waals surface area contributed by atoms with Crippen LogP contribution in [0.2, 0.25) is 0 Å². The van der Waals surface area contributed by atoms with E-state index in [0.29, 0.717) is 6.61 Å². The summed E-state index contributed by atoms with van der Waals surface area (Å²) in [5.74, 6) is 0.991. The zero-order chi connectivity index (χ0) is 16.3. The zero-order valence-electron chi connectivity index (χ0n) is 11.3. The minimum Gasteiger partial charge on any atom is -0.489 e. The van der Waals surface area contributed by atoms with Crippen molar-refractivity contribution in [3.8, 4) is 5.75 Å². The van der Waals surface area contributed by atoms with Crippen LogP contribution in [-0.2, 0) is 0 Å². The number of rotatable bonds is 0. The molecule has 22 heavy (non-hydrogen) atoms. The summed E-state index contributed by atoms with van der Waals surface area (Å²) in [6, 6.07) is 8.03. The van der Waals surface area contributed by atoms with Crippen LogP contribution in [-0.4, -0.2) is 38.9 Å². The van der Waals surface area contributed by atoms with Crippen molar-refractivity contribution in [3.63, 3.8) is 0 Å². The van der Waals surface area contributed by atoms with E-state index in [-0.39, 0.29) is 0 Å². The first-order chi connectivity index (χ1) is 10.4. The molecule has 122 valence electrons. The Hall–Kier alpha value is 0.500. The van der Waals surface area contributed by atoms with E-state index in [2.05, 4.69) is 6.08 Å². The van der Waals surface area contributed by atoms with E-state index >= 15 is 0 Å². The van der Waals surface area contributed by atoms with Crippen molar-refractivity contribution in [1.29, 1.82) is 0 Å². The lowest BCUT2D eigenvalue weighted by Crippen LogP contribution is -2.52. The van der Waals surface area contributed by atoms with E-state index in [0.717, 1.165) is 5.75 Å². The van der Waals surface area contributed by atoms with Gasteiger partial charge >= 0.3 is 0 Å². The number of alkyl halides is 6. The van der Waals surface area contributed by atoms with Gasteiger partial charge in [0, 0.05) is 5.56 Å². The largest absolute Gasteiger partial charge is 0.489 e. The molecule has 0 aromatic heterocycles. The maximum absolute atomic E-state index is 5.88. The Kier molecular flexibility index (Phi) is 7.32. The second-order valence-electron chi connectivity index (χ2n) is 4.92. The van der Waals surface area contributed by atoms with E-state index in [1.54, 1.807) is 0 Å². The Morgan fingerprint density at radius 2 is 1.18 bits per heavy atom. The van der Waals surface area contributed by atoms with E-state index in [9.17, 15) is 0 Å². The smallest absolute Gasteiger partial charge is 0.126 e. The molecule has 0 radical (unpaired) electrons. The van der Waals surface area contributed by atoms with Gasteiger partial charge in [0.25, 0.3) is 0 Å². The normalized spacial score (nSPS) is 36.6. The molecule has 1 fully saturated rings. The van der Waals surface area contributed by atoms with Crippen LogP contribution in [0.3, 0.4) is 0 Å². The summed E-state index contributed by atoms with van der Waals surface area (Å²) >= 11 is 35.3. The molecule has 0 bridgehead atoms. The molecule has 3 rings (SSSR count). The fourth-order valence-electron chi connectivity index (χ4n) is 2.12. The van der Waals surface area contributed by atoms with Gasteiger partial charge in [-0.2, -0.15) is 0 Å². The molecule has 1 nitrogen and oxygen atoms in total. The minimum atomic E-state index is -0.437. The summed E-state index contributed by atoms with van der Waals surface area (Å²) in [4.78, 5) is 0. The topological polar surface area (TPSA) is 9.23 Å². The first-order valence-corrected chi connectivity index (χ1v) is 9.28. The van der Waals surface area contributed by atoms with E-state index in [1.165, 1.54) is 5.56 Å². The van der Waals surface area contributed by atoms with Crippen LogP contribution in [0.25, 0.3) is 6.08 Å². The number of hydrogen-bond donors (Lipinski definition) is 0. The predicted molar refractivity (Wildman–Crippen MR) is 98.8 cm³/mol. The van der Waals surface area contributed by atoms with Crippen molar-refractivity contribution in [3.05, 3.63) is 35.9 Å². The van der Waals surface area contributed by atoms with Gasteiger partial charge in [-0.05, 0) is 12.1 Å². The zero-order valence-corrected chi connectivity index (χ0v) is 15.8. The Bertz CT molecular complexity index is 464. The van der Waals surface area contributed by atoms with Gasteiger partial charge in [0.05, 0.1) is 32.3 Å². The second-order valence-corrected chi connectivity index (χ2v) is 7.94. The first-order valence-electron chi connectivity index (χ1n) is 6.66. The van der Waals surface area contributed by atoms with E-state index in [1.807, 2.05) is 30.3 Å². The summed E-state index contributed by atoms with van der Waals surface area (Å²) < 4.78 is 5.34. The van der Waals surface area contributed by atoms with Crippen molar-refractivity contribution in [2.75, 3.05) is 6.61 Å². The fraction of sp³-hybridized carbons (Fsp3) is 0.467. The van der Waals surface area contributed by atoms with Crippen molar-refractivity contribution in [2.45, 2.75) is 32.3 Å². The van der Waals surface area contributed by atoms with Crippen molar-refractivity contribution in [2.24, 2.45) is 0 Å². The highest BCUT2D eigenvalue weighted by molar-refractivity contribution is 6.45. The van der Waals surface area contributed by atoms with Crippen LogP contribution < -0.4 is 4.74 Å². The number of fused-ring (bicyclic) bond motifs is 1. The maximum atomic E-state index is 5.88. The lowest BCUT2D eigenvalue weighted by Gasteiger charge is -2.37. The number of ether oxygens (including phenoxy) is 1. The molecule has 1 saturated carbocycles. The molecule has 0 N–H and O–H groups in total. The Morgan fingerprint density at radius 1 is 0.727 bits per heavy atom. The number of benzene rings is 1. The number of para-hydroxylation sites is 1. The van der Waals surface area contributed by atoms with Gasteiger partial charge in [0.2, 0.25) is 0 Å². The predicted octanol–water partition coefficient (Wildman–Crippen LogP) is 5.74. The molecular weight excluding hydrogens is 409 g/mol. The highest BCUT2D eigenvalue weighted by atomic mass is 35.5. The lowest BCUT2D eigenvalue weighted by molar-refractivity contribution is 0.358. The quantitative estimate of drug-likeness (QED) is 0.484. The molecule has 2 aliphatic rings. The van der Waals surface area contributed by atoms with E-state index in [4.69, 9.17) is 74.3 Å². The molecule has 0 atom stereocenters. The average molecular weight is 423 g/mol. The summed E-state index contributed by atoms with van der Waals surface area (Å²) in [6.45, 7) is 0.705. The standard InChI is InChI=1S/C9H8O.C6H6Cl6/c1-2-6-9-8(4-1)5-3-7-10-9;7-1-2(8)4(10)6(12)5(11)3(1)9/h1-6H,7H2;1-6H. The van der Waals surface area contributed by atoms with Gasteiger partial charge in [0.1, 0.15) is 12.4 Å². The van der Waals surface area contributed by atoms with Crippen LogP contribution in [0.4, 0.5) is 0 Å². The number of halogens is 6. The van der Waals surface area contributed by atoms with E-state index < -0.39 is 32.3 Å². The third-order valence-electron chi connectivity index (χ3n) is 3.38. The molecule has 0 amide bonds. The Labute approximate surface area is 160 Å². The van der Waals surface area contributed by atoms with Crippen LogP contribution in [0.15, 0.2) is 30.3 Å². The number of hydrogen-bond acceptors (Lipinski definition) is 1. The van der Waals surface area contributed by atoms with Gasteiger partial charge in [0.15, 0.2) is 0 Å². The van der Waals surface area contributed by atoms with Crippen molar-refractivity contribution in [1.82, 2.24) is 0 Å². The molecule has 0 saturated heterocycles. The molecule has 0 spiro atoms. The third-order valence-corrected chi connectivity index (χ3v) is 7.41. The SMILES string of the molecule is C1=Cc2ccccc2OC1.ClC1C(Cl)C(Cl)C(Cl)C(Cl)C1Cl. The molecule has 1 aliphatic carbocycles. The van der Waals surface area contributed by atoms with Crippen LogP contribution in [0.1, 0.15) is 5.56 Å². The van der Waals surface area contributed by atoms with Gasteiger partial charge in [-0.1, -0.05) is 24.3 Å². The second kappa shape index (κ2) is 8.55. The average Bonchev–Trinajstić information content (AvgIpc) is 2.57. The Balaban J connectivity index is 0.000000162. The molecule has 7 heteroatoms. The molecule has 1 aromatic carbocycles. The summed E-state index contributed by atoms with van der Waals surface area (Å²) in [6.07, 6.45) is 4.10. The van der Waals surface area contributed by atoms with Gasteiger partial charge < -0.3 is 4.74 Å². The lowest BCUT2D eigenvalue weighted by atomic mass is 9.97. The Morgan fingerprint density at radius 3 is 1.64 bits per heavy atom. The highest BCUT2D eigenvalue weighted by Gasteiger charge is 2.46. The molecule has 1 aliphatic heterocycles. The van der Waals surface area contributed by atoms with Crippen molar-refractivity contribution < 1.29 is 4.74 Å². The molecule has 1 heterocycles. The fourth-order valence-corrected chi connectivity index (χ4v) is 4.44. The summed E-state index contributed by atoms with van der Waals surface area (Å²) in [7, 11) is 0. The summed E-state index contributed by atoms with van der Waals surface area (Å²) in [5.41, 5.74) is 1.17. The first kappa shape index (κ1) is 18.8. The van der Waals surface area contributed by atoms with Gasteiger partial charge in [-0.3, -0.25) is 0 Å². The van der Waals surface area contributed by atoms with Crippen LogP contribution in [0, 0.1) is 0 Å². The van der Waals surface area contributed by atoms with Crippen LogP contribution >= 0.6 is 69.6 Å². The summed E-state index contributed by atoms with van der Waals surface area (Å²) in [5, 5.41) is -2.62. The van der Waals surface area contributed by atoms with Crippen LogP contribution in [0.5, 0.6) is 5.75 Å². The van der Waals surface area contributed by atoms with Gasteiger partial charge in [-0.25, -0.2) is 0 Å². The molecular formula is C15H14Cl6O. The maximum Gasteiger partial charge on any atom is 0.126 e. The molecule has 0 unspecified atom stereocenters. The van der Waals surface area contributed by atoms with Crippen molar-refractivity contribution >= 4 is 75.7 Å². The van der Waals surface area contributed by atoms with Gasteiger partial charge in [-0.15, -0.1) is 69.6 Å². The molecule has 1 aromatic rings.